The van der Waals surface area contributed by atoms with Gasteiger partial charge >= 0.3 is 0 Å². The molecule has 4 rings (SSSR count). The van der Waals surface area contributed by atoms with Crippen molar-refractivity contribution in [1.29, 1.82) is 0 Å². The van der Waals surface area contributed by atoms with Crippen molar-refractivity contribution in [2.45, 2.75) is 11.8 Å². The summed E-state index contributed by atoms with van der Waals surface area (Å²) in [6.45, 7) is 1.86. The van der Waals surface area contributed by atoms with E-state index in [1.807, 2.05) is 31.2 Å². The fourth-order valence-electron chi connectivity index (χ4n) is 3.21. The Labute approximate surface area is 204 Å². The van der Waals surface area contributed by atoms with E-state index in [4.69, 9.17) is 23.2 Å². The SMILES string of the molecule is CNC(=O)CSc1ccc(Nc2ncc3c(=O)n(-c4c(Cl)cccc4Cl)cc(C)c3n2)cc1. The van der Waals surface area contributed by atoms with Crippen molar-refractivity contribution in [1.82, 2.24) is 19.9 Å². The van der Waals surface area contributed by atoms with E-state index in [0.717, 1.165) is 16.1 Å². The van der Waals surface area contributed by atoms with E-state index in [2.05, 4.69) is 20.6 Å². The third kappa shape index (κ3) is 4.98. The number of rotatable bonds is 6. The van der Waals surface area contributed by atoms with Crippen LogP contribution in [0.2, 0.25) is 10.0 Å². The maximum Gasteiger partial charge on any atom is 0.266 e. The van der Waals surface area contributed by atoms with Gasteiger partial charge in [-0.3, -0.25) is 14.2 Å². The average molecular weight is 500 g/mol. The molecule has 0 aliphatic rings. The van der Waals surface area contributed by atoms with E-state index in [1.54, 1.807) is 31.4 Å². The lowest BCUT2D eigenvalue weighted by atomic mass is 10.2. The third-order valence-corrected chi connectivity index (χ3v) is 6.49. The van der Waals surface area contributed by atoms with Crippen LogP contribution in [0.1, 0.15) is 5.56 Å². The number of pyridine rings is 1. The first-order chi connectivity index (χ1) is 15.9. The number of halogens is 2. The van der Waals surface area contributed by atoms with Crippen LogP contribution >= 0.6 is 35.0 Å². The Morgan fingerprint density at radius 3 is 2.48 bits per heavy atom. The number of nitrogens with one attached hydrogen (secondary N) is 2. The Balaban J connectivity index is 1.62. The van der Waals surface area contributed by atoms with Gasteiger partial charge in [0.25, 0.3) is 5.56 Å². The predicted molar refractivity (Wildman–Crippen MR) is 134 cm³/mol. The Kier molecular flexibility index (Phi) is 6.88. The van der Waals surface area contributed by atoms with E-state index >= 15 is 0 Å². The topological polar surface area (TPSA) is 88.9 Å². The first kappa shape index (κ1) is 23.1. The van der Waals surface area contributed by atoms with E-state index in [1.165, 1.54) is 22.5 Å². The summed E-state index contributed by atoms with van der Waals surface area (Å²) in [5.74, 6) is 0.690. The molecule has 0 spiro atoms. The van der Waals surface area contributed by atoms with Gasteiger partial charge in [-0.05, 0) is 48.9 Å². The summed E-state index contributed by atoms with van der Waals surface area (Å²) < 4.78 is 1.42. The van der Waals surface area contributed by atoms with Crippen LogP contribution in [0.4, 0.5) is 11.6 Å². The smallest absolute Gasteiger partial charge is 0.266 e. The lowest BCUT2D eigenvalue weighted by molar-refractivity contribution is -0.118. The molecule has 0 radical (unpaired) electrons. The molecule has 0 saturated carbocycles. The molecule has 2 aromatic carbocycles. The fourth-order valence-corrected chi connectivity index (χ4v) is 4.56. The molecule has 2 heterocycles. The van der Waals surface area contributed by atoms with Gasteiger partial charge in [-0.15, -0.1) is 11.8 Å². The molecule has 10 heteroatoms. The molecule has 1 amide bonds. The summed E-state index contributed by atoms with van der Waals surface area (Å²) in [6, 6.07) is 12.7. The number of hydrogen-bond acceptors (Lipinski definition) is 6. The Morgan fingerprint density at radius 1 is 1.12 bits per heavy atom. The molecule has 0 aliphatic heterocycles. The molecule has 0 aliphatic carbocycles. The molecule has 4 aromatic rings. The molecule has 33 heavy (non-hydrogen) atoms. The summed E-state index contributed by atoms with van der Waals surface area (Å²) in [5.41, 5.74) is 2.20. The highest BCUT2D eigenvalue weighted by molar-refractivity contribution is 8.00. The molecule has 7 nitrogen and oxygen atoms in total. The molecule has 0 unspecified atom stereocenters. The molecule has 0 bridgehead atoms. The van der Waals surface area contributed by atoms with Crippen LogP contribution in [0.3, 0.4) is 0 Å². The van der Waals surface area contributed by atoms with Gasteiger partial charge in [0.05, 0.1) is 32.4 Å². The molecular formula is C23H19Cl2N5O2S. The minimum atomic E-state index is -0.311. The van der Waals surface area contributed by atoms with Gasteiger partial charge < -0.3 is 10.6 Å². The number of para-hydroxylation sites is 1. The van der Waals surface area contributed by atoms with Crippen molar-refractivity contribution in [3.63, 3.8) is 0 Å². The zero-order valence-electron chi connectivity index (χ0n) is 17.7. The van der Waals surface area contributed by atoms with Crippen LogP contribution in [0.5, 0.6) is 0 Å². The lowest BCUT2D eigenvalue weighted by Crippen LogP contribution is -2.20. The molecule has 0 saturated heterocycles. The summed E-state index contributed by atoms with van der Waals surface area (Å²) in [4.78, 5) is 34.4. The third-order valence-electron chi connectivity index (χ3n) is 4.87. The number of hydrogen-bond donors (Lipinski definition) is 2. The molecule has 168 valence electrons. The summed E-state index contributed by atoms with van der Waals surface area (Å²) in [6.07, 6.45) is 3.17. The number of nitrogens with zero attached hydrogens (tertiary/aromatic N) is 3. The van der Waals surface area contributed by atoms with E-state index in [-0.39, 0.29) is 11.5 Å². The second-order valence-corrected chi connectivity index (χ2v) is 8.99. The average Bonchev–Trinajstić information content (AvgIpc) is 2.81. The monoisotopic (exact) mass is 499 g/mol. The Bertz CT molecular complexity index is 1390. The van der Waals surface area contributed by atoms with Gasteiger partial charge in [0.2, 0.25) is 11.9 Å². The van der Waals surface area contributed by atoms with Crippen LogP contribution in [0, 0.1) is 6.92 Å². The summed E-state index contributed by atoms with van der Waals surface area (Å²) >= 11 is 14.1. The Morgan fingerprint density at radius 2 is 1.82 bits per heavy atom. The normalized spacial score (nSPS) is 10.9. The second kappa shape index (κ2) is 9.82. The molecule has 0 atom stereocenters. The highest BCUT2D eigenvalue weighted by Crippen LogP contribution is 2.28. The maximum atomic E-state index is 13.1. The van der Waals surface area contributed by atoms with Crippen molar-refractivity contribution in [2.24, 2.45) is 0 Å². The minimum Gasteiger partial charge on any atom is -0.358 e. The minimum absolute atomic E-state index is 0.0296. The number of benzene rings is 2. The number of carbonyl (C=O) groups excluding carboxylic acids is 1. The van der Waals surface area contributed by atoms with Gasteiger partial charge in [0, 0.05) is 30.0 Å². The van der Waals surface area contributed by atoms with Gasteiger partial charge in [0.15, 0.2) is 0 Å². The van der Waals surface area contributed by atoms with Crippen molar-refractivity contribution in [3.05, 3.63) is 80.8 Å². The number of amides is 1. The molecule has 2 aromatic heterocycles. The molecule has 0 fully saturated rings. The van der Waals surface area contributed by atoms with Crippen LogP contribution in [-0.2, 0) is 4.79 Å². The number of aryl methyl sites for hydroxylation is 1. The van der Waals surface area contributed by atoms with Crippen molar-refractivity contribution < 1.29 is 4.79 Å². The fraction of sp³-hybridized carbons (Fsp3) is 0.130. The first-order valence-corrected chi connectivity index (χ1v) is 11.7. The molecule has 2 N–H and O–H groups in total. The van der Waals surface area contributed by atoms with E-state index in [9.17, 15) is 9.59 Å². The number of thioether (sulfide) groups is 1. The number of carbonyl (C=O) groups is 1. The van der Waals surface area contributed by atoms with Crippen molar-refractivity contribution in [2.75, 3.05) is 18.1 Å². The van der Waals surface area contributed by atoms with Crippen LogP contribution in [-0.4, -0.2) is 33.2 Å². The highest BCUT2D eigenvalue weighted by Gasteiger charge is 2.15. The number of fused-ring (bicyclic) bond motifs is 1. The van der Waals surface area contributed by atoms with Gasteiger partial charge in [-0.1, -0.05) is 29.3 Å². The Hall–Kier alpha value is -3.07. The summed E-state index contributed by atoms with van der Waals surface area (Å²) in [7, 11) is 1.61. The standard InChI is InChI=1S/C23H19Cl2N5O2S/c1-13-11-30(21-17(24)4-3-5-18(21)25)22(32)16-10-27-23(29-20(13)16)28-14-6-8-15(9-7-14)33-12-19(31)26-2/h3-11H,12H2,1-2H3,(H,26,31)(H,27,28,29). The quantitative estimate of drug-likeness (QED) is 0.363. The maximum absolute atomic E-state index is 13.1. The van der Waals surface area contributed by atoms with Gasteiger partial charge in [-0.25, -0.2) is 9.97 Å². The van der Waals surface area contributed by atoms with Crippen LogP contribution in [0.15, 0.2) is 64.5 Å². The lowest BCUT2D eigenvalue weighted by Gasteiger charge is -2.13. The van der Waals surface area contributed by atoms with Gasteiger partial charge in [-0.2, -0.15) is 0 Å². The van der Waals surface area contributed by atoms with E-state index in [0.29, 0.717) is 38.3 Å². The largest absolute Gasteiger partial charge is 0.358 e. The number of anilines is 2. The zero-order chi connectivity index (χ0) is 23.5. The van der Waals surface area contributed by atoms with Crippen molar-refractivity contribution >= 4 is 63.4 Å². The highest BCUT2D eigenvalue weighted by atomic mass is 35.5. The van der Waals surface area contributed by atoms with E-state index < -0.39 is 0 Å². The summed E-state index contributed by atoms with van der Waals surface area (Å²) in [5, 5.41) is 6.85. The molecular weight excluding hydrogens is 481 g/mol. The number of aromatic nitrogens is 3. The van der Waals surface area contributed by atoms with Crippen LogP contribution in [0.25, 0.3) is 16.6 Å². The van der Waals surface area contributed by atoms with Crippen molar-refractivity contribution in [3.8, 4) is 5.69 Å². The second-order valence-electron chi connectivity index (χ2n) is 7.12. The van der Waals surface area contributed by atoms with Gasteiger partial charge in [0.1, 0.15) is 0 Å². The predicted octanol–water partition coefficient (Wildman–Crippen LogP) is 4.98. The van der Waals surface area contributed by atoms with Crippen LogP contribution < -0.4 is 16.2 Å². The zero-order valence-corrected chi connectivity index (χ0v) is 20.1. The first-order valence-electron chi connectivity index (χ1n) is 9.91.